The van der Waals surface area contributed by atoms with Crippen molar-refractivity contribution in [2.75, 3.05) is 26.4 Å². The van der Waals surface area contributed by atoms with E-state index in [1.165, 1.54) is 116 Å². The van der Waals surface area contributed by atoms with Gasteiger partial charge in [-0.05, 0) is 12.8 Å². The van der Waals surface area contributed by atoms with Gasteiger partial charge in [0.25, 0.3) is 0 Å². The normalized spacial score (nSPS) is 13.7. The second-order valence-electron chi connectivity index (χ2n) is 13.7. The summed E-state index contributed by atoms with van der Waals surface area (Å²) >= 11 is 0. The summed E-state index contributed by atoms with van der Waals surface area (Å²) in [7, 11) is -4.60. The van der Waals surface area contributed by atoms with E-state index in [1.807, 2.05) is 0 Å². The summed E-state index contributed by atoms with van der Waals surface area (Å²) in [5.74, 6) is -0.913. The third kappa shape index (κ3) is 37.7. The molecule has 0 aromatic rings. The van der Waals surface area contributed by atoms with Gasteiger partial charge >= 0.3 is 19.8 Å². The Labute approximate surface area is 327 Å². The van der Waals surface area contributed by atoms with Crippen LogP contribution in [0.3, 0.4) is 0 Å². The molecule has 0 aromatic carbocycles. The van der Waals surface area contributed by atoms with Crippen LogP contribution in [-0.2, 0) is 32.7 Å². The van der Waals surface area contributed by atoms with Crippen molar-refractivity contribution < 1.29 is 47.8 Å². The average Bonchev–Trinajstić information content (AvgIpc) is 3.09. The van der Waals surface area contributed by atoms with Crippen LogP contribution in [0, 0.1) is 0 Å². The molecule has 0 aliphatic rings. The maximum Gasteiger partial charge on any atom is 0.472 e. The number of aliphatic hydroxyl groups excluding tert-OH is 2. The number of carbonyl (C=O) groups excluding carboxylic acids is 2. The molecule has 0 heterocycles. The number of phosphoric ester groups is 1. The number of unbranched alkanes of at least 4 members (excludes halogenated alkanes) is 24. The number of hydrogen-bond acceptors (Lipinski definition) is 9. The zero-order valence-corrected chi connectivity index (χ0v) is 35.3. The number of ether oxygens (including phenoxy) is 2. The quantitative estimate of drug-likeness (QED) is 0.0241. The molecular weight excluding hydrogens is 670 g/mol. The van der Waals surface area contributed by atoms with Crippen LogP contribution >= 0.6 is 7.82 Å². The second-order valence-corrected chi connectivity index (χ2v) is 15.1. The number of carbonyl (C=O) groups is 2. The van der Waals surface area contributed by atoms with Gasteiger partial charge < -0.3 is 24.6 Å². The molecule has 0 spiro atoms. The molecule has 0 bridgehead atoms. The Hall–Kier alpha value is -0.0300. The Morgan fingerprint density at radius 3 is 1.26 bits per heavy atom. The first-order chi connectivity index (χ1) is 23.7. The van der Waals surface area contributed by atoms with Gasteiger partial charge in [-0.2, -0.15) is 0 Å². The Bertz CT molecular complexity index is 804. The van der Waals surface area contributed by atoms with Crippen molar-refractivity contribution in [1.82, 2.24) is 0 Å². The predicted molar refractivity (Wildman–Crippen MR) is 202 cm³/mol. The van der Waals surface area contributed by atoms with Crippen LogP contribution in [-0.4, -0.2) is 95.2 Å². The standard InChI is InChI=1S/C38H75O10P.Na/c1-3-5-7-9-11-13-15-17-19-21-23-25-27-29-37(41)45-33-36(34-47-49(43,44)46-32-35(40)31-39)48-38(42)30-28-26-24-22-20-18-16-14-12-10-8-6-4-2;/h35-36,39-40H,3-34H2,1-2H3,(H,43,44);/t35?,36-;/m1./s1. The van der Waals surface area contributed by atoms with Gasteiger partial charge in [-0.3, -0.25) is 18.6 Å². The molecule has 2 unspecified atom stereocenters. The Balaban J connectivity index is 0. The molecule has 3 N–H and O–H groups in total. The number of phosphoric acid groups is 1. The molecule has 0 aromatic heterocycles. The minimum absolute atomic E-state index is 0. The van der Waals surface area contributed by atoms with Crippen molar-refractivity contribution in [2.24, 2.45) is 0 Å². The van der Waals surface area contributed by atoms with Gasteiger partial charge in [0.1, 0.15) is 12.7 Å². The van der Waals surface area contributed by atoms with Gasteiger partial charge in [0.15, 0.2) is 6.10 Å². The van der Waals surface area contributed by atoms with E-state index in [4.69, 9.17) is 19.1 Å². The van der Waals surface area contributed by atoms with Gasteiger partial charge in [0.05, 0.1) is 19.8 Å². The maximum atomic E-state index is 12.5. The van der Waals surface area contributed by atoms with Crippen molar-refractivity contribution in [3.8, 4) is 0 Å². The van der Waals surface area contributed by atoms with Gasteiger partial charge in [0.2, 0.25) is 0 Å². The molecule has 0 aliphatic carbocycles. The summed E-state index contributed by atoms with van der Waals surface area (Å²) in [6.07, 6.45) is 29.2. The molecule has 0 saturated carbocycles. The first-order valence-electron chi connectivity index (χ1n) is 20.0. The van der Waals surface area contributed by atoms with Crippen LogP contribution in [0.5, 0.6) is 0 Å². The smallest absolute Gasteiger partial charge is 0.462 e. The summed E-state index contributed by atoms with van der Waals surface area (Å²) in [6.45, 7) is 2.39. The SMILES string of the molecule is CCCCCCCCCCCCCCCC(=O)OC[C@H](COP(=O)(O)OCC(O)CO)OC(=O)CCCCCCCCCCCCCCC.[Na]. The topological polar surface area (TPSA) is 149 Å². The minimum Gasteiger partial charge on any atom is -0.462 e. The zero-order valence-electron chi connectivity index (χ0n) is 32.4. The second kappa shape index (κ2) is 38.7. The Morgan fingerprint density at radius 2 is 0.880 bits per heavy atom. The summed E-state index contributed by atoms with van der Waals surface area (Å²) < 4.78 is 32.6. The molecule has 3 atom stereocenters. The zero-order chi connectivity index (χ0) is 36.3. The fraction of sp³-hybridized carbons (Fsp3) is 0.947. The molecule has 0 saturated heterocycles. The van der Waals surface area contributed by atoms with Gasteiger partial charge in [-0.1, -0.05) is 168 Å². The molecule has 1 radical (unpaired) electrons. The third-order valence-corrected chi connectivity index (χ3v) is 9.71. The summed E-state index contributed by atoms with van der Waals surface area (Å²) in [4.78, 5) is 34.8. The van der Waals surface area contributed by atoms with Crippen molar-refractivity contribution in [2.45, 2.75) is 206 Å². The molecule has 0 aliphatic heterocycles. The summed E-state index contributed by atoms with van der Waals surface area (Å²) in [5, 5.41) is 18.3. The van der Waals surface area contributed by atoms with E-state index in [9.17, 15) is 24.2 Å². The first kappa shape index (κ1) is 52.1. The van der Waals surface area contributed by atoms with Gasteiger partial charge in [-0.25, -0.2) is 4.57 Å². The van der Waals surface area contributed by atoms with Crippen LogP contribution in [0.4, 0.5) is 0 Å². The van der Waals surface area contributed by atoms with Gasteiger partial charge in [0, 0.05) is 42.4 Å². The van der Waals surface area contributed by atoms with Crippen molar-refractivity contribution >= 4 is 49.3 Å². The van der Waals surface area contributed by atoms with E-state index in [0.29, 0.717) is 12.8 Å². The summed E-state index contributed by atoms with van der Waals surface area (Å²) in [6, 6.07) is 0. The number of hydrogen-bond donors (Lipinski definition) is 3. The van der Waals surface area contributed by atoms with E-state index >= 15 is 0 Å². The van der Waals surface area contributed by atoms with E-state index in [-0.39, 0.29) is 49.0 Å². The molecule has 50 heavy (non-hydrogen) atoms. The predicted octanol–water partition coefficient (Wildman–Crippen LogP) is 9.51. The number of rotatable bonds is 38. The van der Waals surface area contributed by atoms with E-state index in [2.05, 4.69) is 18.4 Å². The molecule has 0 rings (SSSR count). The largest absolute Gasteiger partial charge is 0.472 e. The molecule has 293 valence electrons. The maximum absolute atomic E-state index is 12.5. The van der Waals surface area contributed by atoms with Crippen molar-refractivity contribution in [1.29, 1.82) is 0 Å². The average molecular weight is 746 g/mol. The van der Waals surface area contributed by atoms with Crippen LogP contribution in [0.15, 0.2) is 0 Å². The molecule has 12 heteroatoms. The third-order valence-electron chi connectivity index (χ3n) is 8.76. The van der Waals surface area contributed by atoms with Crippen LogP contribution < -0.4 is 0 Å². The van der Waals surface area contributed by atoms with Crippen LogP contribution in [0.2, 0.25) is 0 Å². The Kier molecular flexibility index (Phi) is 40.3. The molecular formula is C38H75NaO10P. The van der Waals surface area contributed by atoms with E-state index in [1.54, 1.807) is 0 Å². The van der Waals surface area contributed by atoms with E-state index in [0.717, 1.165) is 38.5 Å². The van der Waals surface area contributed by atoms with Crippen molar-refractivity contribution in [3.05, 3.63) is 0 Å². The number of aliphatic hydroxyl groups is 2. The molecule has 10 nitrogen and oxygen atoms in total. The monoisotopic (exact) mass is 745 g/mol. The molecule has 0 fully saturated rings. The minimum atomic E-state index is -4.60. The van der Waals surface area contributed by atoms with Crippen LogP contribution in [0.25, 0.3) is 0 Å². The van der Waals surface area contributed by atoms with Gasteiger partial charge in [-0.15, -0.1) is 0 Å². The summed E-state index contributed by atoms with van der Waals surface area (Å²) in [5.41, 5.74) is 0. The Morgan fingerprint density at radius 1 is 0.540 bits per heavy atom. The molecule has 0 amide bonds. The number of esters is 2. The van der Waals surface area contributed by atoms with E-state index < -0.39 is 51.8 Å². The van der Waals surface area contributed by atoms with Crippen LogP contribution in [0.1, 0.15) is 194 Å². The fourth-order valence-electron chi connectivity index (χ4n) is 5.64. The van der Waals surface area contributed by atoms with Crippen molar-refractivity contribution in [3.63, 3.8) is 0 Å². The first-order valence-corrected chi connectivity index (χ1v) is 21.5. The fourth-order valence-corrected chi connectivity index (χ4v) is 6.43.